The SMILES string of the molecule is CC(C)(C)c1ccc(NC(=O)Nc2cc(-c3ccccc3)nn2C2NC(=O)C3CCCC3N2)cc1. The van der Waals surface area contributed by atoms with Crippen molar-refractivity contribution in [3.63, 3.8) is 0 Å². The highest BCUT2D eigenvalue weighted by Crippen LogP contribution is 2.32. The van der Waals surface area contributed by atoms with Gasteiger partial charge in [0.2, 0.25) is 5.91 Å². The molecule has 8 nitrogen and oxygen atoms in total. The molecule has 3 unspecified atom stereocenters. The Balaban J connectivity index is 1.38. The van der Waals surface area contributed by atoms with Crippen molar-refractivity contribution < 1.29 is 9.59 Å². The molecule has 0 spiro atoms. The molecule has 35 heavy (non-hydrogen) atoms. The first-order valence-corrected chi connectivity index (χ1v) is 12.2. The first kappa shape index (κ1) is 23.1. The number of rotatable bonds is 4. The molecule has 1 saturated carbocycles. The number of carbonyl (C=O) groups excluding carboxylic acids is 2. The van der Waals surface area contributed by atoms with Gasteiger partial charge in [-0.3, -0.25) is 15.4 Å². The third-order valence-corrected chi connectivity index (χ3v) is 6.80. The molecular weight excluding hydrogens is 440 g/mol. The molecule has 4 N–H and O–H groups in total. The lowest BCUT2D eigenvalue weighted by Crippen LogP contribution is -2.57. The molecule has 0 radical (unpaired) electrons. The summed E-state index contributed by atoms with van der Waals surface area (Å²) in [6.45, 7) is 6.46. The lowest BCUT2D eigenvalue weighted by atomic mass is 9.87. The molecule has 2 aromatic carbocycles. The van der Waals surface area contributed by atoms with E-state index in [-0.39, 0.29) is 29.3 Å². The largest absolute Gasteiger partial charge is 0.324 e. The summed E-state index contributed by atoms with van der Waals surface area (Å²) in [6, 6.07) is 19.2. The number of urea groups is 1. The van der Waals surface area contributed by atoms with E-state index < -0.39 is 6.29 Å². The Bertz CT molecular complexity index is 1210. The fraction of sp³-hybridized carbons (Fsp3) is 0.370. The van der Waals surface area contributed by atoms with Gasteiger partial charge in [-0.25, -0.2) is 9.48 Å². The first-order valence-electron chi connectivity index (χ1n) is 12.2. The van der Waals surface area contributed by atoms with Gasteiger partial charge in [0.15, 0.2) is 6.29 Å². The maximum absolute atomic E-state index is 12.9. The second-order valence-electron chi connectivity index (χ2n) is 10.4. The summed E-state index contributed by atoms with van der Waals surface area (Å²) in [5.41, 5.74) is 3.56. The minimum atomic E-state index is -0.541. The molecule has 3 aromatic rings. The topological polar surface area (TPSA) is 100 Å². The number of hydrogen-bond acceptors (Lipinski definition) is 4. The van der Waals surface area contributed by atoms with Crippen molar-refractivity contribution in [2.75, 3.05) is 10.6 Å². The second-order valence-corrected chi connectivity index (χ2v) is 10.4. The molecule has 3 amide bonds. The van der Waals surface area contributed by atoms with Gasteiger partial charge in [0, 0.05) is 23.4 Å². The molecule has 2 fully saturated rings. The zero-order valence-corrected chi connectivity index (χ0v) is 20.3. The smallest absolute Gasteiger partial charge is 0.322 e. The molecule has 5 rings (SSSR count). The van der Waals surface area contributed by atoms with Crippen molar-refractivity contribution in [1.29, 1.82) is 0 Å². The summed E-state index contributed by atoms with van der Waals surface area (Å²) < 4.78 is 1.65. The minimum absolute atomic E-state index is 0.00816. The summed E-state index contributed by atoms with van der Waals surface area (Å²) >= 11 is 0. The van der Waals surface area contributed by atoms with Gasteiger partial charge in [0.05, 0.1) is 11.6 Å². The lowest BCUT2D eigenvalue weighted by Gasteiger charge is -2.34. The number of benzene rings is 2. The molecule has 2 aliphatic rings. The van der Waals surface area contributed by atoms with Gasteiger partial charge in [-0.15, -0.1) is 0 Å². The van der Waals surface area contributed by atoms with E-state index >= 15 is 0 Å². The molecule has 1 aliphatic carbocycles. The molecule has 1 saturated heterocycles. The molecule has 182 valence electrons. The zero-order chi connectivity index (χ0) is 24.6. The molecule has 2 heterocycles. The van der Waals surface area contributed by atoms with Crippen molar-refractivity contribution in [3.8, 4) is 11.3 Å². The maximum Gasteiger partial charge on any atom is 0.324 e. The Morgan fingerprint density at radius 1 is 1.03 bits per heavy atom. The van der Waals surface area contributed by atoms with E-state index in [1.54, 1.807) is 4.68 Å². The maximum atomic E-state index is 12.9. The Hall–Kier alpha value is -3.65. The quantitative estimate of drug-likeness (QED) is 0.437. The number of carbonyl (C=O) groups is 2. The van der Waals surface area contributed by atoms with Crippen LogP contribution in [-0.2, 0) is 10.2 Å². The van der Waals surface area contributed by atoms with E-state index in [0.717, 1.165) is 24.8 Å². The van der Waals surface area contributed by atoms with Crippen LogP contribution in [0.3, 0.4) is 0 Å². The highest BCUT2D eigenvalue weighted by atomic mass is 16.2. The third-order valence-electron chi connectivity index (χ3n) is 6.80. The van der Waals surface area contributed by atoms with Crippen LogP contribution >= 0.6 is 0 Å². The van der Waals surface area contributed by atoms with Crippen LogP contribution in [0.1, 0.15) is 51.9 Å². The van der Waals surface area contributed by atoms with E-state index in [4.69, 9.17) is 5.10 Å². The third kappa shape index (κ3) is 4.93. The van der Waals surface area contributed by atoms with Crippen LogP contribution in [0.15, 0.2) is 60.7 Å². The summed E-state index contributed by atoms with van der Waals surface area (Å²) in [5, 5.41) is 17.1. The van der Waals surface area contributed by atoms with Crippen LogP contribution in [0.4, 0.5) is 16.3 Å². The highest BCUT2D eigenvalue weighted by molar-refractivity contribution is 5.99. The van der Waals surface area contributed by atoms with Crippen LogP contribution in [0.25, 0.3) is 11.3 Å². The van der Waals surface area contributed by atoms with E-state index in [2.05, 4.69) is 42.0 Å². The lowest BCUT2D eigenvalue weighted by molar-refractivity contribution is -0.130. The van der Waals surface area contributed by atoms with Gasteiger partial charge in [0.1, 0.15) is 5.82 Å². The number of amides is 3. The minimum Gasteiger partial charge on any atom is -0.322 e. The van der Waals surface area contributed by atoms with Gasteiger partial charge >= 0.3 is 6.03 Å². The van der Waals surface area contributed by atoms with Crippen molar-refractivity contribution in [2.45, 2.75) is 57.8 Å². The fourth-order valence-electron chi connectivity index (χ4n) is 4.86. The molecule has 1 aliphatic heterocycles. The summed E-state index contributed by atoms with van der Waals surface area (Å²) in [7, 11) is 0. The molecule has 8 heteroatoms. The van der Waals surface area contributed by atoms with E-state index in [9.17, 15) is 9.59 Å². The number of aromatic nitrogens is 2. The Labute approximate surface area is 205 Å². The Morgan fingerprint density at radius 2 is 1.77 bits per heavy atom. The van der Waals surface area contributed by atoms with Crippen molar-refractivity contribution >= 4 is 23.4 Å². The number of fused-ring (bicyclic) bond motifs is 1. The summed E-state index contributed by atoms with van der Waals surface area (Å²) in [5.74, 6) is 0.510. The average Bonchev–Trinajstić information content (AvgIpc) is 3.47. The van der Waals surface area contributed by atoms with E-state index in [1.165, 1.54) is 5.56 Å². The zero-order valence-electron chi connectivity index (χ0n) is 20.3. The standard InChI is InChI=1S/C27H32N6O2/c1-27(2,3)18-12-14-19(15-13-18)28-26(35)30-23-16-22(17-8-5-4-6-9-17)32-33(23)25-29-21-11-7-10-20(21)24(34)31-25/h4-6,8-9,12-16,20-21,25,29H,7,10-11H2,1-3H3,(H,31,34)(H2,28,30,35). The second kappa shape index (κ2) is 9.19. The predicted molar refractivity (Wildman–Crippen MR) is 137 cm³/mol. The number of nitrogens with zero attached hydrogens (tertiary/aromatic N) is 2. The van der Waals surface area contributed by atoms with Crippen molar-refractivity contribution in [3.05, 3.63) is 66.2 Å². The fourth-order valence-corrected chi connectivity index (χ4v) is 4.86. The van der Waals surface area contributed by atoms with Crippen LogP contribution in [0.2, 0.25) is 0 Å². The molecular formula is C27H32N6O2. The van der Waals surface area contributed by atoms with Crippen molar-refractivity contribution in [1.82, 2.24) is 20.4 Å². The molecule has 3 atom stereocenters. The molecule has 0 bridgehead atoms. The predicted octanol–water partition coefficient (Wildman–Crippen LogP) is 4.84. The summed E-state index contributed by atoms with van der Waals surface area (Å²) in [6.07, 6.45) is 2.33. The van der Waals surface area contributed by atoms with E-state index in [1.807, 2.05) is 60.7 Å². The Morgan fingerprint density at radius 3 is 2.49 bits per heavy atom. The summed E-state index contributed by atoms with van der Waals surface area (Å²) in [4.78, 5) is 25.6. The number of anilines is 2. The van der Waals surface area contributed by atoms with Crippen LogP contribution < -0.4 is 21.3 Å². The van der Waals surface area contributed by atoms with Crippen LogP contribution in [0, 0.1) is 5.92 Å². The molecule has 1 aromatic heterocycles. The van der Waals surface area contributed by atoms with Crippen LogP contribution in [-0.4, -0.2) is 27.8 Å². The van der Waals surface area contributed by atoms with Gasteiger partial charge in [-0.2, -0.15) is 5.10 Å². The highest BCUT2D eigenvalue weighted by Gasteiger charge is 2.40. The Kier molecular flexibility index (Phi) is 6.06. The van der Waals surface area contributed by atoms with Gasteiger partial charge in [0.25, 0.3) is 0 Å². The normalized spacial score (nSPS) is 21.8. The van der Waals surface area contributed by atoms with Crippen LogP contribution in [0.5, 0.6) is 0 Å². The average molecular weight is 473 g/mol. The van der Waals surface area contributed by atoms with Gasteiger partial charge in [-0.1, -0.05) is 69.7 Å². The monoisotopic (exact) mass is 472 g/mol. The first-order chi connectivity index (χ1) is 16.8. The van der Waals surface area contributed by atoms with Crippen molar-refractivity contribution in [2.24, 2.45) is 5.92 Å². The van der Waals surface area contributed by atoms with E-state index in [0.29, 0.717) is 17.2 Å². The van der Waals surface area contributed by atoms with Gasteiger partial charge < -0.3 is 10.6 Å². The number of hydrogen-bond donors (Lipinski definition) is 4. The van der Waals surface area contributed by atoms with Gasteiger partial charge in [-0.05, 0) is 36.0 Å². The number of nitrogens with one attached hydrogen (secondary N) is 4.